The normalized spacial score (nSPS) is 10.9. The molecule has 0 aliphatic carbocycles. The van der Waals surface area contributed by atoms with E-state index in [0.29, 0.717) is 0 Å². The highest BCUT2D eigenvalue weighted by Crippen LogP contribution is 2.22. The monoisotopic (exact) mass is 325 g/mol. The third-order valence-corrected chi connectivity index (χ3v) is 4.20. The Kier molecular flexibility index (Phi) is 4.74. The van der Waals surface area contributed by atoms with Crippen molar-refractivity contribution in [3.05, 3.63) is 44.7 Å². The molecule has 2 rings (SSSR count). The Morgan fingerprint density at radius 2 is 2.28 bits per heavy atom. The van der Waals surface area contributed by atoms with Crippen LogP contribution in [-0.4, -0.2) is 24.0 Å². The van der Waals surface area contributed by atoms with Crippen LogP contribution in [0.1, 0.15) is 11.1 Å². The molecule has 0 atom stereocenters. The summed E-state index contributed by atoms with van der Waals surface area (Å²) in [5.41, 5.74) is 2.56. The first kappa shape index (κ1) is 13.5. The standard InChI is InChI=1S/C13H16BrN3S/c1-15-13-11(4-3-5-16-13)8-17(2)7-10-6-12(14)18-9-10/h3-6,9H,7-8H2,1-2H3,(H,15,16). The van der Waals surface area contributed by atoms with Crippen molar-refractivity contribution in [1.82, 2.24) is 9.88 Å². The molecule has 1 N–H and O–H groups in total. The van der Waals surface area contributed by atoms with Gasteiger partial charge >= 0.3 is 0 Å². The zero-order valence-electron chi connectivity index (χ0n) is 10.5. The Morgan fingerprint density at radius 3 is 2.94 bits per heavy atom. The lowest BCUT2D eigenvalue weighted by Gasteiger charge is -2.17. The van der Waals surface area contributed by atoms with E-state index in [4.69, 9.17) is 0 Å². The molecular weight excluding hydrogens is 310 g/mol. The first-order valence-electron chi connectivity index (χ1n) is 5.72. The Balaban J connectivity index is 2.00. The van der Waals surface area contributed by atoms with Crippen LogP contribution in [0.15, 0.2) is 33.6 Å². The maximum atomic E-state index is 4.32. The Hall–Kier alpha value is -0.910. The van der Waals surface area contributed by atoms with Gasteiger partial charge in [0.15, 0.2) is 0 Å². The summed E-state index contributed by atoms with van der Waals surface area (Å²) in [7, 11) is 4.03. The average molecular weight is 326 g/mol. The number of pyridine rings is 1. The van der Waals surface area contributed by atoms with Crippen LogP contribution in [0.2, 0.25) is 0 Å². The van der Waals surface area contributed by atoms with Gasteiger partial charge in [-0.25, -0.2) is 4.98 Å². The van der Waals surface area contributed by atoms with Crippen LogP contribution in [0.25, 0.3) is 0 Å². The highest BCUT2D eigenvalue weighted by molar-refractivity contribution is 9.11. The second kappa shape index (κ2) is 6.31. The molecule has 0 fully saturated rings. The number of hydrogen-bond acceptors (Lipinski definition) is 4. The van der Waals surface area contributed by atoms with Gasteiger partial charge in [-0.3, -0.25) is 4.90 Å². The minimum absolute atomic E-state index is 0.886. The summed E-state index contributed by atoms with van der Waals surface area (Å²) in [6, 6.07) is 6.26. The molecule has 0 saturated heterocycles. The summed E-state index contributed by atoms with van der Waals surface area (Å²) in [5.74, 6) is 0.954. The van der Waals surface area contributed by atoms with Gasteiger partial charge in [0.2, 0.25) is 0 Å². The van der Waals surface area contributed by atoms with Crippen molar-refractivity contribution in [2.24, 2.45) is 0 Å². The van der Waals surface area contributed by atoms with Gasteiger partial charge in [0.1, 0.15) is 5.82 Å². The van der Waals surface area contributed by atoms with Crippen molar-refractivity contribution in [2.75, 3.05) is 19.4 Å². The molecule has 96 valence electrons. The lowest BCUT2D eigenvalue weighted by molar-refractivity contribution is 0.319. The second-order valence-electron chi connectivity index (χ2n) is 4.19. The molecule has 0 radical (unpaired) electrons. The summed E-state index contributed by atoms with van der Waals surface area (Å²) in [5, 5.41) is 5.31. The van der Waals surface area contributed by atoms with Gasteiger partial charge in [-0.05, 0) is 46.1 Å². The lowest BCUT2D eigenvalue weighted by atomic mass is 10.2. The lowest BCUT2D eigenvalue weighted by Crippen LogP contribution is -2.18. The van der Waals surface area contributed by atoms with Gasteiger partial charge in [0.05, 0.1) is 3.79 Å². The minimum Gasteiger partial charge on any atom is -0.373 e. The van der Waals surface area contributed by atoms with Crippen molar-refractivity contribution in [1.29, 1.82) is 0 Å². The molecule has 0 aromatic carbocycles. The Bertz CT molecular complexity index is 512. The van der Waals surface area contributed by atoms with Gasteiger partial charge in [0, 0.05) is 31.9 Å². The van der Waals surface area contributed by atoms with Gasteiger partial charge in [-0.2, -0.15) is 0 Å². The van der Waals surface area contributed by atoms with Gasteiger partial charge in [0.25, 0.3) is 0 Å². The average Bonchev–Trinajstić information content (AvgIpc) is 2.75. The summed E-state index contributed by atoms with van der Waals surface area (Å²) in [4.78, 5) is 6.60. The number of hydrogen-bond donors (Lipinski definition) is 1. The number of halogens is 1. The maximum absolute atomic E-state index is 4.32. The highest BCUT2D eigenvalue weighted by atomic mass is 79.9. The predicted molar refractivity (Wildman–Crippen MR) is 81.0 cm³/mol. The molecule has 18 heavy (non-hydrogen) atoms. The van der Waals surface area contributed by atoms with Crippen LogP contribution in [0.5, 0.6) is 0 Å². The van der Waals surface area contributed by atoms with E-state index in [0.717, 1.165) is 18.9 Å². The van der Waals surface area contributed by atoms with E-state index in [2.05, 4.69) is 55.7 Å². The summed E-state index contributed by atoms with van der Waals surface area (Å²) in [6.07, 6.45) is 1.81. The van der Waals surface area contributed by atoms with E-state index in [-0.39, 0.29) is 0 Å². The van der Waals surface area contributed by atoms with E-state index in [1.807, 2.05) is 19.3 Å². The second-order valence-corrected chi connectivity index (χ2v) is 6.48. The third kappa shape index (κ3) is 3.54. The van der Waals surface area contributed by atoms with E-state index in [1.165, 1.54) is 14.9 Å². The first-order valence-corrected chi connectivity index (χ1v) is 7.39. The van der Waals surface area contributed by atoms with Crippen LogP contribution in [0, 0.1) is 0 Å². The number of rotatable bonds is 5. The van der Waals surface area contributed by atoms with Crippen LogP contribution < -0.4 is 5.32 Å². The molecule has 2 aromatic heterocycles. The first-order chi connectivity index (χ1) is 8.69. The number of anilines is 1. The van der Waals surface area contributed by atoms with Crippen molar-refractivity contribution in [3.63, 3.8) is 0 Å². The molecule has 5 heteroatoms. The maximum Gasteiger partial charge on any atom is 0.130 e. The smallest absolute Gasteiger partial charge is 0.130 e. The molecular formula is C13H16BrN3S. The zero-order valence-corrected chi connectivity index (χ0v) is 12.9. The SMILES string of the molecule is CNc1ncccc1CN(C)Cc1csc(Br)c1. The molecule has 0 aliphatic rings. The molecule has 2 heterocycles. The molecule has 0 bridgehead atoms. The largest absolute Gasteiger partial charge is 0.373 e. The molecule has 0 spiro atoms. The van der Waals surface area contributed by atoms with E-state index >= 15 is 0 Å². The molecule has 0 aliphatic heterocycles. The van der Waals surface area contributed by atoms with Crippen LogP contribution >= 0.6 is 27.3 Å². The van der Waals surface area contributed by atoms with Gasteiger partial charge in [-0.15, -0.1) is 11.3 Å². The van der Waals surface area contributed by atoms with Crippen molar-refractivity contribution in [3.8, 4) is 0 Å². The van der Waals surface area contributed by atoms with Crippen molar-refractivity contribution >= 4 is 33.1 Å². The quantitative estimate of drug-likeness (QED) is 0.910. The van der Waals surface area contributed by atoms with Gasteiger partial charge < -0.3 is 5.32 Å². The molecule has 0 amide bonds. The van der Waals surface area contributed by atoms with E-state index in [1.54, 1.807) is 11.3 Å². The topological polar surface area (TPSA) is 28.2 Å². The Labute approximate surface area is 120 Å². The fourth-order valence-electron chi connectivity index (χ4n) is 1.88. The molecule has 2 aromatic rings. The summed E-state index contributed by atoms with van der Waals surface area (Å²) >= 11 is 5.22. The van der Waals surface area contributed by atoms with Crippen molar-refractivity contribution < 1.29 is 0 Å². The summed E-state index contributed by atoms with van der Waals surface area (Å²) < 4.78 is 1.18. The van der Waals surface area contributed by atoms with Crippen molar-refractivity contribution in [2.45, 2.75) is 13.1 Å². The van der Waals surface area contributed by atoms with Crippen LogP contribution in [0.3, 0.4) is 0 Å². The van der Waals surface area contributed by atoms with Gasteiger partial charge in [-0.1, -0.05) is 6.07 Å². The van der Waals surface area contributed by atoms with E-state index < -0.39 is 0 Å². The molecule has 0 saturated carbocycles. The molecule has 3 nitrogen and oxygen atoms in total. The van der Waals surface area contributed by atoms with E-state index in [9.17, 15) is 0 Å². The summed E-state index contributed by atoms with van der Waals surface area (Å²) in [6.45, 7) is 1.83. The number of nitrogens with zero attached hydrogens (tertiary/aromatic N) is 2. The van der Waals surface area contributed by atoms with Crippen LogP contribution in [0.4, 0.5) is 5.82 Å². The number of nitrogens with one attached hydrogen (secondary N) is 1. The minimum atomic E-state index is 0.886. The fourth-order valence-corrected chi connectivity index (χ4v) is 3.08. The third-order valence-electron chi connectivity index (χ3n) is 2.64. The number of thiophene rings is 1. The fraction of sp³-hybridized carbons (Fsp3) is 0.308. The predicted octanol–water partition coefficient (Wildman–Crippen LogP) is 3.58. The zero-order chi connectivity index (χ0) is 13.0. The van der Waals surface area contributed by atoms with Crippen LogP contribution in [-0.2, 0) is 13.1 Å². The molecule has 0 unspecified atom stereocenters. The Morgan fingerprint density at radius 1 is 1.44 bits per heavy atom. The number of aromatic nitrogens is 1. The highest BCUT2D eigenvalue weighted by Gasteiger charge is 2.07.